The highest BCUT2D eigenvalue weighted by Crippen LogP contribution is 2.27. The number of amides is 1. The van der Waals surface area contributed by atoms with E-state index >= 15 is 0 Å². The number of rotatable bonds is 1. The molecule has 0 bridgehead atoms. The maximum atomic E-state index is 11.2. The molecular formula is C8H13NO3. The average molecular weight is 171 g/mol. The van der Waals surface area contributed by atoms with Crippen molar-refractivity contribution < 1.29 is 14.3 Å². The fraction of sp³-hybridized carbons (Fsp3) is 0.750. The lowest BCUT2D eigenvalue weighted by molar-refractivity contribution is -0.146. The highest BCUT2D eigenvalue weighted by Gasteiger charge is 2.43. The minimum absolute atomic E-state index is 0.0301. The van der Waals surface area contributed by atoms with Gasteiger partial charge in [0, 0.05) is 13.0 Å². The molecule has 1 rings (SSSR count). The van der Waals surface area contributed by atoms with Gasteiger partial charge in [0.2, 0.25) is 5.91 Å². The Morgan fingerprint density at radius 1 is 1.50 bits per heavy atom. The SMILES string of the molecule is CNC(=O)C1C(=O)O[C@H](C)[C@H]1C. The molecule has 0 saturated carbocycles. The summed E-state index contributed by atoms with van der Waals surface area (Å²) in [6.45, 7) is 3.64. The third-order valence-corrected chi connectivity index (χ3v) is 2.35. The maximum Gasteiger partial charge on any atom is 0.319 e. The summed E-state index contributed by atoms with van der Waals surface area (Å²) in [5.41, 5.74) is 0. The van der Waals surface area contributed by atoms with Crippen LogP contribution in [0.25, 0.3) is 0 Å². The lowest BCUT2D eigenvalue weighted by Gasteiger charge is -2.10. The first-order valence-corrected chi connectivity index (χ1v) is 4.00. The van der Waals surface area contributed by atoms with E-state index in [4.69, 9.17) is 4.74 Å². The summed E-state index contributed by atoms with van der Waals surface area (Å²) in [6.07, 6.45) is -0.153. The van der Waals surface area contributed by atoms with E-state index in [9.17, 15) is 9.59 Å². The number of nitrogens with one attached hydrogen (secondary N) is 1. The predicted octanol–water partition coefficient (Wildman–Crippen LogP) is -0.0700. The zero-order chi connectivity index (χ0) is 9.30. The first-order chi connectivity index (χ1) is 5.57. The van der Waals surface area contributed by atoms with E-state index in [1.54, 1.807) is 6.92 Å². The van der Waals surface area contributed by atoms with Gasteiger partial charge in [0.1, 0.15) is 12.0 Å². The van der Waals surface area contributed by atoms with Crippen LogP contribution in [0.15, 0.2) is 0 Å². The van der Waals surface area contributed by atoms with Gasteiger partial charge >= 0.3 is 5.97 Å². The molecular weight excluding hydrogens is 158 g/mol. The Labute approximate surface area is 71.3 Å². The Kier molecular flexibility index (Phi) is 2.35. The summed E-state index contributed by atoms with van der Waals surface area (Å²) >= 11 is 0. The van der Waals surface area contributed by atoms with Crippen LogP contribution in [-0.4, -0.2) is 25.0 Å². The van der Waals surface area contributed by atoms with Crippen LogP contribution in [0.4, 0.5) is 0 Å². The largest absolute Gasteiger partial charge is 0.462 e. The van der Waals surface area contributed by atoms with Crippen molar-refractivity contribution in [2.45, 2.75) is 20.0 Å². The van der Waals surface area contributed by atoms with Crippen LogP contribution in [0.5, 0.6) is 0 Å². The number of hydrogen-bond acceptors (Lipinski definition) is 3. The van der Waals surface area contributed by atoms with E-state index in [0.717, 1.165) is 0 Å². The van der Waals surface area contributed by atoms with Gasteiger partial charge in [0.25, 0.3) is 0 Å². The molecule has 1 unspecified atom stereocenters. The third-order valence-electron chi connectivity index (χ3n) is 2.35. The molecule has 1 aliphatic rings. The summed E-state index contributed by atoms with van der Waals surface area (Å²) in [4.78, 5) is 22.3. The number of cyclic esters (lactones) is 1. The van der Waals surface area contributed by atoms with E-state index in [1.165, 1.54) is 7.05 Å². The molecule has 1 saturated heterocycles. The summed E-state index contributed by atoms with van der Waals surface area (Å²) in [5, 5.41) is 2.45. The molecule has 1 fully saturated rings. The molecule has 68 valence electrons. The molecule has 4 nitrogen and oxygen atoms in total. The molecule has 0 spiro atoms. The molecule has 0 aromatic heterocycles. The zero-order valence-corrected chi connectivity index (χ0v) is 7.46. The van der Waals surface area contributed by atoms with Crippen molar-refractivity contribution >= 4 is 11.9 Å². The highest BCUT2D eigenvalue weighted by molar-refractivity contribution is 5.99. The lowest BCUT2D eigenvalue weighted by atomic mass is 9.92. The quantitative estimate of drug-likeness (QED) is 0.444. The van der Waals surface area contributed by atoms with Gasteiger partial charge in [-0.15, -0.1) is 0 Å². The van der Waals surface area contributed by atoms with Crippen molar-refractivity contribution in [1.29, 1.82) is 0 Å². The van der Waals surface area contributed by atoms with Crippen LogP contribution in [-0.2, 0) is 14.3 Å². The van der Waals surface area contributed by atoms with Crippen molar-refractivity contribution in [3.8, 4) is 0 Å². The van der Waals surface area contributed by atoms with E-state index in [-0.39, 0.29) is 17.9 Å². The lowest BCUT2D eigenvalue weighted by Crippen LogP contribution is -2.34. The summed E-state index contributed by atoms with van der Waals surface area (Å²) in [6, 6.07) is 0. The fourth-order valence-electron chi connectivity index (χ4n) is 1.35. The first-order valence-electron chi connectivity index (χ1n) is 4.00. The van der Waals surface area contributed by atoms with Crippen LogP contribution in [0.1, 0.15) is 13.8 Å². The van der Waals surface area contributed by atoms with Gasteiger partial charge in [-0.25, -0.2) is 0 Å². The molecule has 4 heteroatoms. The standard InChI is InChI=1S/C8H13NO3/c1-4-5(2)12-8(11)6(4)7(10)9-3/h4-6H,1-3H3,(H,9,10)/t4-,5-,6?/m1/s1. The molecule has 0 aliphatic carbocycles. The van der Waals surface area contributed by atoms with E-state index < -0.39 is 11.9 Å². The molecule has 0 radical (unpaired) electrons. The van der Waals surface area contributed by atoms with Crippen LogP contribution >= 0.6 is 0 Å². The number of carbonyl (C=O) groups excluding carboxylic acids is 2. The Balaban J connectivity index is 2.76. The van der Waals surface area contributed by atoms with Crippen LogP contribution < -0.4 is 5.32 Å². The van der Waals surface area contributed by atoms with E-state index in [0.29, 0.717) is 0 Å². The minimum atomic E-state index is -0.620. The second-order valence-corrected chi connectivity index (χ2v) is 3.09. The summed E-state index contributed by atoms with van der Waals surface area (Å²) in [5.74, 6) is -1.31. The number of hydrogen-bond donors (Lipinski definition) is 1. The molecule has 1 heterocycles. The van der Waals surface area contributed by atoms with Crippen molar-refractivity contribution in [1.82, 2.24) is 5.32 Å². The number of carbonyl (C=O) groups is 2. The third kappa shape index (κ3) is 1.29. The topological polar surface area (TPSA) is 55.4 Å². The van der Waals surface area contributed by atoms with Gasteiger partial charge in [-0.3, -0.25) is 9.59 Å². The first kappa shape index (κ1) is 9.03. The van der Waals surface area contributed by atoms with Gasteiger partial charge in [0.05, 0.1) is 0 Å². The Bertz CT molecular complexity index is 206. The molecule has 1 aliphatic heterocycles. The molecule has 1 amide bonds. The van der Waals surface area contributed by atoms with Gasteiger partial charge in [0.15, 0.2) is 0 Å². The predicted molar refractivity (Wildman–Crippen MR) is 42.3 cm³/mol. The van der Waals surface area contributed by atoms with Crippen molar-refractivity contribution in [2.75, 3.05) is 7.05 Å². The molecule has 0 aromatic carbocycles. The van der Waals surface area contributed by atoms with E-state index in [1.807, 2.05) is 6.92 Å². The van der Waals surface area contributed by atoms with E-state index in [2.05, 4.69) is 5.32 Å². The average Bonchev–Trinajstić information content (AvgIpc) is 2.26. The second kappa shape index (κ2) is 3.13. The molecule has 0 aromatic rings. The second-order valence-electron chi connectivity index (χ2n) is 3.09. The maximum absolute atomic E-state index is 11.2. The Morgan fingerprint density at radius 2 is 2.08 bits per heavy atom. The Hall–Kier alpha value is -1.06. The normalized spacial score (nSPS) is 34.6. The van der Waals surface area contributed by atoms with Crippen LogP contribution in [0.3, 0.4) is 0 Å². The molecule has 12 heavy (non-hydrogen) atoms. The van der Waals surface area contributed by atoms with Gasteiger partial charge in [-0.05, 0) is 6.92 Å². The summed E-state index contributed by atoms with van der Waals surface area (Å²) in [7, 11) is 1.52. The smallest absolute Gasteiger partial charge is 0.319 e. The van der Waals surface area contributed by atoms with Crippen molar-refractivity contribution in [3.05, 3.63) is 0 Å². The molecule has 1 N–H and O–H groups in total. The summed E-state index contributed by atoms with van der Waals surface area (Å²) < 4.78 is 4.91. The molecule has 3 atom stereocenters. The highest BCUT2D eigenvalue weighted by atomic mass is 16.6. The Morgan fingerprint density at radius 3 is 2.42 bits per heavy atom. The monoisotopic (exact) mass is 171 g/mol. The number of ether oxygens (including phenoxy) is 1. The van der Waals surface area contributed by atoms with Crippen molar-refractivity contribution in [3.63, 3.8) is 0 Å². The zero-order valence-electron chi connectivity index (χ0n) is 7.46. The van der Waals surface area contributed by atoms with Crippen LogP contribution in [0.2, 0.25) is 0 Å². The minimum Gasteiger partial charge on any atom is -0.462 e. The fourth-order valence-corrected chi connectivity index (χ4v) is 1.35. The number of esters is 1. The van der Waals surface area contributed by atoms with Crippen LogP contribution in [0, 0.1) is 11.8 Å². The van der Waals surface area contributed by atoms with Gasteiger partial charge in [-0.2, -0.15) is 0 Å². The van der Waals surface area contributed by atoms with Crippen molar-refractivity contribution in [2.24, 2.45) is 11.8 Å². The van der Waals surface area contributed by atoms with Gasteiger partial charge < -0.3 is 10.1 Å². The van der Waals surface area contributed by atoms with Gasteiger partial charge in [-0.1, -0.05) is 6.92 Å².